The molecular formula is C25H20N2O4S. The van der Waals surface area contributed by atoms with Gasteiger partial charge in [-0.15, -0.1) is 0 Å². The highest BCUT2D eigenvalue weighted by molar-refractivity contribution is 7.81. The molecule has 1 heterocycles. The zero-order valence-corrected chi connectivity index (χ0v) is 18.3. The molecule has 0 atom stereocenters. The molecule has 3 aromatic carbocycles. The van der Waals surface area contributed by atoms with Gasteiger partial charge in [-0.3, -0.25) is 19.4 Å². The first kappa shape index (κ1) is 21.3. The lowest BCUT2D eigenvalue weighted by Crippen LogP contribution is -2.56. The fourth-order valence-corrected chi connectivity index (χ4v) is 3.90. The van der Waals surface area contributed by atoms with E-state index in [0.717, 1.165) is 0 Å². The van der Waals surface area contributed by atoms with Crippen LogP contribution in [0.4, 0.5) is 11.4 Å². The van der Waals surface area contributed by atoms with Crippen molar-refractivity contribution in [3.8, 4) is 11.5 Å². The number of anilines is 2. The van der Waals surface area contributed by atoms with E-state index in [4.69, 9.17) is 21.7 Å². The molecular weight excluding hydrogens is 424 g/mol. The van der Waals surface area contributed by atoms with E-state index in [2.05, 4.69) is 0 Å². The molecule has 4 rings (SSSR count). The van der Waals surface area contributed by atoms with Crippen LogP contribution >= 0.6 is 12.2 Å². The molecule has 0 N–H and O–H groups in total. The van der Waals surface area contributed by atoms with E-state index in [9.17, 15) is 9.59 Å². The Balaban J connectivity index is 1.90. The van der Waals surface area contributed by atoms with Gasteiger partial charge in [0.25, 0.3) is 11.8 Å². The molecule has 2 amide bonds. The number of rotatable bonds is 5. The monoisotopic (exact) mass is 444 g/mol. The van der Waals surface area contributed by atoms with Gasteiger partial charge in [-0.25, -0.2) is 0 Å². The average molecular weight is 445 g/mol. The zero-order valence-electron chi connectivity index (χ0n) is 17.5. The largest absolute Gasteiger partial charge is 0.493 e. The summed E-state index contributed by atoms with van der Waals surface area (Å²) in [6.45, 7) is 0. The number of nitrogens with zero attached hydrogens (tertiary/aromatic N) is 2. The zero-order chi connectivity index (χ0) is 22.7. The number of amides is 2. The molecule has 0 saturated carbocycles. The molecule has 1 aliphatic heterocycles. The van der Waals surface area contributed by atoms with Gasteiger partial charge in [0, 0.05) is 5.56 Å². The summed E-state index contributed by atoms with van der Waals surface area (Å²) in [6, 6.07) is 23.3. The Morgan fingerprint density at radius 2 is 1.25 bits per heavy atom. The van der Waals surface area contributed by atoms with E-state index in [1.807, 2.05) is 36.4 Å². The van der Waals surface area contributed by atoms with Crippen molar-refractivity contribution in [1.29, 1.82) is 0 Å². The van der Waals surface area contributed by atoms with Crippen molar-refractivity contribution in [2.24, 2.45) is 0 Å². The second-order valence-corrected chi connectivity index (χ2v) is 7.24. The maximum Gasteiger partial charge on any atom is 0.270 e. The smallest absolute Gasteiger partial charge is 0.270 e. The first-order valence-electron chi connectivity index (χ1n) is 9.82. The van der Waals surface area contributed by atoms with Gasteiger partial charge in [0.1, 0.15) is 5.57 Å². The standard InChI is InChI=1S/C25H20N2O4S/c1-30-21-15-9-10-17(22(21)31-2)16-20-23(28)26(18-11-5-3-6-12-18)25(32)27(24(20)29)19-13-7-4-8-14-19/h3-16H,1-2H3. The predicted molar refractivity (Wildman–Crippen MR) is 128 cm³/mol. The van der Waals surface area contributed by atoms with Crippen molar-refractivity contribution in [1.82, 2.24) is 0 Å². The Kier molecular flexibility index (Phi) is 6.00. The molecule has 32 heavy (non-hydrogen) atoms. The molecule has 0 aromatic heterocycles. The van der Waals surface area contributed by atoms with Crippen molar-refractivity contribution in [2.45, 2.75) is 0 Å². The molecule has 6 nitrogen and oxygen atoms in total. The van der Waals surface area contributed by atoms with E-state index in [0.29, 0.717) is 28.4 Å². The van der Waals surface area contributed by atoms with E-state index in [1.54, 1.807) is 42.5 Å². The van der Waals surface area contributed by atoms with Crippen LogP contribution in [0, 0.1) is 0 Å². The highest BCUT2D eigenvalue weighted by atomic mass is 32.1. The van der Waals surface area contributed by atoms with Gasteiger partial charge in [0.15, 0.2) is 16.6 Å². The second-order valence-electron chi connectivity index (χ2n) is 6.88. The van der Waals surface area contributed by atoms with Crippen LogP contribution in [0.5, 0.6) is 11.5 Å². The van der Waals surface area contributed by atoms with Crippen molar-refractivity contribution >= 4 is 46.6 Å². The molecule has 0 bridgehead atoms. The maximum atomic E-state index is 13.5. The minimum absolute atomic E-state index is 0.0436. The third-order valence-corrected chi connectivity index (χ3v) is 5.38. The lowest BCUT2D eigenvalue weighted by Gasteiger charge is -2.36. The summed E-state index contributed by atoms with van der Waals surface area (Å²) in [5.41, 5.74) is 1.63. The van der Waals surface area contributed by atoms with E-state index >= 15 is 0 Å². The Morgan fingerprint density at radius 1 is 0.719 bits per heavy atom. The van der Waals surface area contributed by atoms with Crippen LogP contribution in [0.1, 0.15) is 5.56 Å². The van der Waals surface area contributed by atoms with Gasteiger partial charge in [0.05, 0.1) is 25.6 Å². The number of methoxy groups -OCH3 is 2. The average Bonchev–Trinajstić information content (AvgIpc) is 2.83. The Bertz CT molecular complexity index is 1150. The molecule has 0 spiro atoms. The van der Waals surface area contributed by atoms with Crippen LogP contribution < -0.4 is 19.3 Å². The minimum atomic E-state index is -0.511. The Hall–Kier alpha value is -3.97. The summed E-state index contributed by atoms with van der Waals surface area (Å²) >= 11 is 5.61. The number of para-hydroxylation sites is 3. The number of carbonyl (C=O) groups is 2. The molecule has 7 heteroatoms. The van der Waals surface area contributed by atoms with E-state index < -0.39 is 11.8 Å². The van der Waals surface area contributed by atoms with Gasteiger partial charge in [-0.05, 0) is 48.6 Å². The molecule has 0 aliphatic carbocycles. The quantitative estimate of drug-likeness (QED) is 0.331. The first-order valence-corrected chi connectivity index (χ1v) is 10.2. The van der Waals surface area contributed by atoms with Crippen molar-refractivity contribution in [3.05, 3.63) is 90.0 Å². The molecule has 1 fully saturated rings. The van der Waals surface area contributed by atoms with Crippen molar-refractivity contribution in [2.75, 3.05) is 24.0 Å². The number of ether oxygens (including phenoxy) is 2. The maximum absolute atomic E-state index is 13.5. The Morgan fingerprint density at radius 3 is 1.72 bits per heavy atom. The van der Waals surface area contributed by atoms with E-state index in [1.165, 1.54) is 30.1 Å². The number of hydrogen-bond donors (Lipinski definition) is 0. The summed E-state index contributed by atoms with van der Waals surface area (Å²) in [4.78, 5) is 29.8. The summed E-state index contributed by atoms with van der Waals surface area (Å²) < 4.78 is 10.8. The van der Waals surface area contributed by atoms with Crippen LogP contribution in [0.2, 0.25) is 0 Å². The number of carbonyl (C=O) groups excluding carboxylic acids is 2. The third kappa shape index (κ3) is 3.74. The SMILES string of the molecule is COc1cccc(C=C2C(=O)N(c3ccccc3)C(=S)N(c3ccccc3)C2=O)c1OC. The molecule has 1 aliphatic rings. The molecule has 1 saturated heterocycles. The number of hydrogen-bond acceptors (Lipinski definition) is 5. The van der Waals surface area contributed by atoms with Crippen LogP contribution in [0.3, 0.4) is 0 Å². The molecule has 0 radical (unpaired) electrons. The second kappa shape index (κ2) is 9.03. The van der Waals surface area contributed by atoms with Crippen LogP contribution in [0.15, 0.2) is 84.4 Å². The summed E-state index contributed by atoms with van der Waals surface area (Å²) in [5.74, 6) is -0.104. The molecule has 160 valence electrons. The highest BCUT2D eigenvalue weighted by Gasteiger charge is 2.41. The van der Waals surface area contributed by atoms with Gasteiger partial charge >= 0.3 is 0 Å². The van der Waals surface area contributed by atoms with Crippen molar-refractivity contribution in [3.63, 3.8) is 0 Å². The molecule has 3 aromatic rings. The summed E-state index contributed by atoms with van der Waals surface area (Å²) in [5, 5.41) is 0.0900. The highest BCUT2D eigenvalue weighted by Crippen LogP contribution is 2.34. The third-order valence-electron chi connectivity index (χ3n) is 5.01. The lowest BCUT2D eigenvalue weighted by atomic mass is 10.0. The minimum Gasteiger partial charge on any atom is -0.493 e. The van der Waals surface area contributed by atoms with E-state index in [-0.39, 0.29) is 10.7 Å². The lowest BCUT2D eigenvalue weighted by molar-refractivity contribution is -0.120. The fourth-order valence-electron chi connectivity index (χ4n) is 3.52. The van der Waals surface area contributed by atoms with Crippen LogP contribution in [0.25, 0.3) is 6.08 Å². The first-order chi connectivity index (χ1) is 15.6. The van der Waals surface area contributed by atoms with Gasteiger partial charge in [-0.1, -0.05) is 48.5 Å². The normalized spacial score (nSPS) is 13.9. The Labute approximate surface area is 191 Å². The van der Waals surface area contributed by atoms with Crippen LogP contribution in [-0.2, 0) is 9.59 Å². The molecule has 0 unspecified atom stereocenters. The van der Waals surface area contributed by atoms with Crippen molar-refractivity contribution < 1.29 is 19.1 Å². The topological polar surface area (TPSA) is 59.1 Å². The summed E-state index contributed by atoms with van der Waals surface area (Å²) in [7, 11) is 3.03. The van der Waals surface area contributed by atoms with Crippen LogP contribution in [-0.4, -0.2) is 31.1 Å². The number of benzene rings is 3. The van der Waals surface area contributed by atoms with Gasteiger partial charge < -0.3 is 9.47 Å². The number of thiocarbonyl (C=S) groups is 1. The van der Waals surface area contributed by atoms with Gasteiger partial charge in [-0.2, -0.15) is 0 Å². The fraction of sp³-hybridized carbons (Fsp3) is 0.0800. The van der Waals surface area contributed by atoms with Gasteiger partial charge in [0.2, 0.25) is 0 Å². The predicted octanol–water partition coefficient (Wildman–Crippen LogP) is 4.45. The summed E-state index contributed by atoms with van der Waals surface area (Å²) in [6.07, 6.45) is 1.51.